The molecule has 1 N–H and O–H groups in total. The van der Waals surface area contributed by atoms with Crippen LogP contribution in [0.4, 0.5) is 0 Å². The molecule has 0 aromatic heterocycles. The van der Waals surface area contributed by atoms with Crippen molar-refractivity contribution in [3.63, 3.8) is 0 Å². The molecule has 0 saturated heterocycles. The van der Waals surface area contributed by atoms with Gasteiger partial charge in [0.15, 0.2) is 0 Å². The molecule has 0 spiro atoms. The summed E-state index contributed by atoms with van der Waals surface area (Å²) in [5.74, 6) is 2.52. The maximum absolute atomic E-state index is 8.36. The lowest BCUT2D eigenvalue weighted by molar-refractivity contribution is -0.122. The van der Waals surface area contributed by atoms with Crippen molar-refractivity contribution in [1.29, 1.82) is 0 Å². The Morgan fingerprint density at radius 1 is 1.50 bits per heavy atom. The van der Waals surface area contributed by atoms with E-state index in [1.165, 1.54) is 11.5 Å². The number of rotatable bonds is 2. The highest BCUT2D eigenvalue weighted by atomic mass is 32.2. The normalized spacial score (nSPS) is 6.75. The maximum Gasteiger partial charge on any atom is 0.290 e. The largest absolute Gasteiger partial charge is 0.483 e. The van der Waals surface area contributed by atoms with Crippen LogP contribution in [0.15, 0.2) is 0 Å². The van der Waals surface area contributed by atoms with E-state index >= 15 is 0 Å². The smallest absolute Gasteiger partial charge is 0.290 e. The highest BCUT2D eigenvalue weighted by Gasteiger charge is 1.67. The Hall–Kier alpha value is -0.180. The van der Waals surface area contributed by atoms with Crippen LogP contribution >= 0.6 is 11.8 Å². The van der Waals surface area contributed by atoms with Gasteiger partial charge < -0.3 is 5.11 Å². The lowest BCUT2D eigenvalue weighted by atomic mass is 11.0. The Kier molecular flexibility index (Phi) is 21.2. The van der Waals surface area contributed by atoms with Crippen molar-refractivity contribution in [3.8, 4) is 0 Å². The first-order valence-electron chi connectivity index (χ1n) is 2.49. The molecule has 0 rings (SSSR count). The van der Waals surface area contributed by atoms with Crippen LogP contribution in [0.5, 0.6) is 0 Å². The van der Waals surface area contributed by atoms with Gasteiger partial charge in [-0.25, -0.2) is 0 Å². The van der Waals surface area contributed by atoms with Crippen LogP contribution in [0.2, 0.25) is 0 Å². The van der Waals surface area contributed by atoms with E-state index in [1.54, 1.807) is 0 Å². The SMILES string of the molecule is CCSCC.O=CO. The van der Waals surface area contributed by atoms with E-state index in [0.717, 1.165) is 0 Å². The van der Waals surface area contributed by atoms with E-state index in [9.17, 15) is 0 Å². The van der Waals surface area contributed by atoms with Crippen molar-refractivity contribution in [1.82, 2.24) is 0 Å². The minimum atomic E-state index is -0.250. The predicted octanol–water partition coefficient (Wildman–Crippen LogP) is 1.46. The molecule has 0 heterocycles. The van der Waals surface area contributed by atoms with Crippen LogP contribution in [0.3, 0.4) is 0 Å². The lowest BCUT2D eigenvalue weighted by Gasteiger charge is -1.80. The fourth-order valence-corrected chi connectivity index (χ4v) is 0.612. The second kappa shape index (κ2) is 15.8. The summed E-state index contributed by atoms with van der Waals surface area (Å²) in [6.45, 7) is 4.10. The second-order valence-electron chi connectivity index (χ2n) is 0.887. The topological polar surface area (TPSA) is 37.3 Å². The minimum Gasteiger partial charge on any atom is -0.483 e. The molecule has 3 heteroatoms. The fraction of sp³-hybridized carbons (Fsp3) is 0.800. The molecule has 0 aliphatic carbocycles. The van der Waals surface area contributed by atoms with E-state index < -0.39 is 0 Å². The van der Waals surface area contributed by atoms with E-state index in [-0.39, 0.29) is 6.47 Å². The average Bonchev–Trinajstić information content (AvgIpc) is 1.71. The van der Waals surface area contributed by atoms with Crippen LogP contribution < -0.4 is 0 Å². The van der Waals surface area contributed by atoms with E-state index in [1.807, 2.05) is 11.8 Å². The van der Waals surface area contributed by atoms with Gasteiger partial charge in [0, 0.05) is 0 Å². The molecule has 0 radical (unpaired) electrons. The van der Waals surface area contributed by atoms with E-state index in [0.29, 0.717) is 0 Å². The molecule has 0 amide bonds. The summed E-state index contributed by atoms with van der Waals surface area (Å²) >= 11 is 1.96. The molecule has 0 saturated carbocycles. The fourth-order valence-electron chi connectivity index (χ4n) is 0.204. The van der Waals surface area contributed by atoms with Gasteiger partial charge in [-0.15, -0.1) is 0 Å². The molecule has 0 atom stereocenters. The predicted molar refractivity (Wildman–Crippen MR) is 37.4 cm³/mol. The zero-order valence-electron chi connectivity index (χ0n) is 5.26. The Bertz CT molecular complexity index is 37.4. The highest BCUT2D eigenvalue weighted by Crippen LogP contribution is 1.93. The van der Waals surface area contributed by atoms with Crippen molar-refractivity contribution in [3.05, 3.63) is 0 Å². The van der Waals surface area contributed by atoms with Gasteiger partial charge in [0.1, 0.15) is 0 Å². The van der Waals surface area contributed by atoms with Crippen LogP contribution in [0.25, 0.3) is 0 Å². The monoisotopic (exact) mass is 136 g/mol. The van der Waals surface area contributed by atoms with Crippen LogP contribution in [0.1, 0.15) is 13.8 Å². The Morgan fingerprint density at radius 2 is 1.75 bits per heavy atom. The van der Waals surface area contributed by atoms with Crippen molar-refractivity contribution in [2.24, 2.45) is 0 Å². The van der Waals surface area contributed by atoms with Gasteiger partial charge >= 0.3 is 0 Å². The number of hydrogen-bond acceptors (Lipinski definition) is 2. The first-order chi connectivity index (χ1) is 3.83. The molecular weight excluding hydrogens is 124 g/mol. The molecule has 0 unspecified atom stereocenters. The maximum atomic E-state index is 8.36. The zero-order valence-corrected chi connectivity index (χ0v) is 6.07. The van der Waals surface area contributed by atoms with E-state index in [2.05, 4.69) is 13.8 Å². The summed E-state index contributed by atoms with van der Waals surface area (Å²) in [5.41, 5.74) is 0. The molecule has 2 nitrogen and oxygen atoms in total. The van der Waals surface area contributed by atoms with Crippen LogP contribution in [-0.4, -0.2) is 23.1 Å². The lowest BCUT2D eigenvalue weighted by Crippen LogP contribution is -1.64. The molecule has 0 aliphatic rings. The molecule has 0 aliphatic heterocycles. The van der Waals surface area contributed by atoms with Crippen LogP contribution in [-0.2, 0) is 4.79 Å². The quantitative estimate of drug-likeness (QED) is 0.584. The zero-order chi connectivity index (χ0) is 6.83. The minimum absolute atomic E-state index is 0.250. The Balaban J connectivity index is 0. The summed E-state index contributed by atoms with van der Waals surface area (Å²) in [7, 11) is 0. The summed E-state index contributed by atoms with van der Waals surface area (Å²) in [4.78, 5) is 8.36. The molecular formula is C5H12O2S. The first kappa shape index (κ1) is 10.7. The second-order valence-corrected chi connectivity index (χ2v) is 2.45. The van der Waals surface area contributed by atoms with Gasteiger partial charge in [-0.2, -0.15) is 11.8 Å². The van der Waals surface area contributed by atoms with Crippen molar-refractivity contribution < 1.29 is 9.90 Å². The third kappa shape index (κ3) is 40.8. The summed E-state index contributed by atoms with van der Waals surface area (Å²) in [5, 5.41) is 6.89. The first-order valence-corrected chi connectivity index (χ1v) is 3.64. The summed E-state index contributed by atoms with van der Waals surface area (Å²) in [6, 6.07) is 0. The van der Waals surface area contributed by atoms with Gasteiger partial charge in [0.2, 0.25) is 0 Å². The van der Waals surface area contributed by atoms with Crippen molar-refractivity contribution in [2.45, 2.75) is 13.8 Å². The van der Waals surface area contributed by atoms with Gasteiger partial charge in [-0.05, 0) is 11.5 Å². The number of thioether (sulfide) groups is 1. The van der Waals surface area contributed by atoms with Gasteiger partial charge in [-0.1, -0.05) is 13.8 Å². The third-order valence-electron chi connectivity index (χ3n) is 0.408. The van der Waals surface area contributed by atoms with Crippen molar-refractivity contribution >= 4 is 18.2 Å². The Morgan fingerprint density at radius 3 is 1.75 bits per heavy atom. The van der Waals surface area contributed by atoms with Gasteiger partial charge in [0.05, 0.1) is 0 Å². The average molecular weight is 136 g/mol. The van der Waals surface area contributed by atoms with Gasteiger partial charge in [-0.3, -0.25) is 4.79 Å². The molecule has 8 heavy (non-hydrogen) atoms. The molecule has 0 aromatic rings. The van der Waals surface area contributed by atoms with Gasteiger partial charge in [0.25, 0.3) is 6.47 Å². The molecule has 50 valence electrons. The molecule has 0 bridgehead atoms. The van der Waals surface area contributed by atoms with Crippen LogP contribution in [0, 0.1) is 0 Å². The molecule has 0 fully saturated rings. The van der Waals surface area contributed by atoms with E-state index in [4.69, 9.17) is 9.90 Å². The standard InChI is InChI=1S/C4H10S.CH2O2/c1-3-5-4-2;2-1-3/h3-4H2,1-2H3;1H,(H,2,3). The summed E-state index contributed by atoms with van der Waals surface area (Å²) < 4.78 is 0. The number of carboxylic acid groups (broad SMARTS) is 1. The number of hydrogen-bond donors (Lipinski definition) is 1. The molecule has 0 aromatic carbocycles. The summed E-state index contributed by atoms with van der Waals surface area (Å²) in [6.07, 6.45) is 0. The van der Waals surface area contributed by atoms with Crippen molar-refractivity contribution in [2.75, 3.05) is 11.5 Å². The number of carbonyl (C=O) groups is 1. The highest BCUT2D eigenvalue weighted by molar-refractivity contribution is 7.99. The third-order valence-corrected chi connectivity index (χ3v) is 1.22. The Labute approximate surface area is 54.3 Å².